The summed E-state index contributed by atoms with van der Waals surface area (Å²) in [6.45, 7) is 7.53. The number of likely N-dealkylation sites (tertiary alicyclic amines) is 1. The Bertz CT molecular complexity index is 245. The van der Waals surface area contributed by atoms with Crippen LogP contribution in [0.25, 0.3) is 0 Å². The van der Waals surface area contributed by atoms with E-state index in [2.05, 4.69) is 18.7 Å². The number of ether oxygens (including phenoxy) is 1. The second kappa shape index (κ2) is 5.61. The lowest BCUT2D eigenvalue weighted by Crippen LogP contribution is -2.50. The number of carboxylic acid groups (broad SMARTS) is 1. The Balaban J connectivity index is 2.19. The molecule has 94 valence electrons. The summed E-state index contributed by atoms with van der Waals surface area (Å²) in [5.41, 5.74) is 4.71. The smallest absolute Gasteiger partial charge is 0.325 e. The van der Waals surface area contributed by atoms with Gasteiger partial charge in [-0.2, -0.15) is 0 Å². The average Bonchev–Trinajstić information content (AvgIpc) is 2.56. The first kappa shape index (κ1) is 13.4. The summed E-state index contributed by atoms with van der Waals surface area (Å²) in [4.78, 5) is 13.0. The van der Waals surface area contributed by atoms with Crippen LogP contribution in [0.4, 0.5) is 0 Å². The second-order valence-corrected chi connectivity index (χ2v) is 4.96. The molecule has 0 aliphatic carbocycles. The van der Waals surface area contributed by atoms with Crippen LogP contribution in [0.15, 0.2) is 0 Å². The normalized spacial score (nSPS) is 26.5. The Labute approximate surface area is 96.6 Å². The van der Waals surface area contributed by atoms with E-state index in [9.17, 15) is 4.79 Å². The van der Waals surface area contributed by atoms with Gasteiger partial charge in [-0.15, -0.1) is 0 Å². The average molecular weight is 230 g/mol. The summed E-state index contributed by atoms with van der Waals surface area (Å²) in [6.07, 6.45) is 0.520. The molecule has 3 N–H and O–H groups in total. The number of nitrogens with zero attached hydrogens (tertiary/aromatic N) is 1. The van der Waals surface area contributed by atoms with Crippen molar-refractivity contribution in [2.75, 3.05) is 32.8 Å². The fourth-order valence-corrected chi connectivity index (χ4v) is 1.79. The van der Waals surface area contributed by atoms with Crippen molar-refractivity contribution in [2.24, 2.45) is 11.7 Å². The van der Waals surface area contributed by atoms with Crippen molar-refractivity contribution in [1.29, 1.82) is 0 Å². The molecule has 0 radical (unpaired) electrons. The first-order valence-corrected chi connectivity index (χ1v) is 5.76. The van der Waals surface area contributed by atoms with Crippen molar-refractivity contribution < 1.29 is 14.6 Å². The van der Waals surface area contributed by atoms with Gasteiger partial charge < -0.3 is 15.6 Å². The highest BCUT2D eigenvalue weighted by molar-refractivity contribution is 5.79. The third-order valence-corrected chi connectivity index (χ3v) is 2.81. The van der Waals surface area contributed by atoms with E-state index in [1.165, 1.54) is 0 Å². The highest BCUT2D eigenvalue weighted by Crippen LogP contribution is 2.18. The molecule has 1 unspecified atom stereocenters. The van der Waals surface area contributed by atoms with Crippen LogP contribution in [0.1, 0.15) is 20.3 Å². The molecule has 0 aromatic carbocycles. The van der Waals surface area contributed by atoms with E-state index >= 15 is 0 Å². The molecule has 1 atom stereocenters. The highest BCUT2D eigenvalue weighted by atomic mass is 16.5. The summed E-state index contributed by atoms with van der Waals surface area (Å²) in [7, 11) is 0. The first-order chi connectivity index (χ1) is 7.44. The van der Waals surface area contributed by atoms with Gasteiger partial charge in [0.25, 0.3) is 0 Å². The molecule has 5 heteroatoms. The number of carboxylic acids is 1. The Kier molecular flexibility index (Phi) is 4.70. The van der Waals surface area contributed by atoms with Gasteiger partial charge in [-0.25, -0.2) is 0 Å². The van der Waals surface area contributed by atoms with Gasteiger partial charge >= 0.3 is 5.97 Å². The van der Waals surface area contributed by atoms with E-state index in [-0.39, 0.29) is 0 Å². The standard InChI is InChI=1S/C11H22N2O3/c1-9(2)7-16-6-5-13-4-3-11(12,8-13)10(14)15/h9H,3-8,12H2,1-2H3,(H,14,15). The Morgan fingerprint density at radius 1 is 1.62 bits per heavy atom. The Morgan fingerprint density at radius 3 is 2.81 bits per heavy atom. The molecule has 5 nitrogen and oxygen atoms in total. The molecule has 0 aromatic heterocycles. The van der Waals surface area contributed by atoms with Crippen molar-refractivity contribution in [1.82, 2.24) is 4.90 Å². The predicted molar refractivity (Wildman–Crippen MR) is 61.3 cm³/mol. The molecule has 0 spiro atoms. The number of hydrogen-bond donors (Lipinski definition) is 2. The van der Waals surface area contributed by atoms with Crippen molar-refractivity contribution in [2.45, 2.75) is 25.8 Å². The number of aliphatic carboxylic acids is 1. The van der Waals surface area contributed by atoms with Gasteiger partial charge in [0.15, 0.2) is 0 Å². The van der Waals surface area contributed by atoms with Crippen molar-refractivity contribution in [3.8, 4) is 0 Å². The molecular formula is C11H22N2O3. The van der Waals surface area contributed by atoms with E-state index in [0.29, 0.717) is 25.5 Å². The molecule has 1 saturated heterocycles. The third-order valence-electron chi connectivity index (χ3n) is 2.81. The second-order valence-electron chi connectivity index (χ2n) is 4.96. The van der Waals surface area contributed by atoms with Crippen molar-refractivity contribution in [3.05, 3.63) is 0 Å². The van der Waals surface area contributed by atoms with E-state index in [0.717, 1.165) is 19.7 Å². The summed E-state index contributed by atoms with van der Waals surface area (Å²) in [6, 6.07) is 0. The van der Waals surface area contributed by atoms with E-state index in [1.807, 2.05) is 0 Å². The lowest BCUT2D eigenvalue weighted by molar-refractivity contribution is -0.142. The minimum Gasteiger partial charge on any atom is -0.480 e. The van der Waals surface area contributed by atoms with Gasteiger partial charge in [-0.1, -0.05) is 13.8 Å². The maximum Gasteiger partial charge on any atom is 0.325 e. The molecule has 1 aliphatic rings. The van der Waals surface area contributed by atoms with E-state index < -0.39 is 11.5 Å². The van der Waals surface area contributed by atoms with Crippen LogP contribution in [-0.4, -0.2) is 54.4 Å². The molecule has 0 saturated carbocycles. The summed E-state index contributed by atoms with van der Waals surface area (Å²) in [5.74, 6) is -0.371. The van der Waals surface area contributed by atoms with Crippen LogP contribution >= 0.6 is 0 Å². The maximum absolute atomic E-state index is 10.9. The molecule has 0 aromatic rings. The van der Waals surface area contributed by atoms with Gasteiger partial charge in [-0.05, 0) is 12.3 Å². The number of rotatable bonds is 6. The van der Waals surface area contributed by atoms with Crippen LogP contribution < -0.4 is 5.73 Å². The van der Waals surface area contributed by atoms with Crippen LogP contribution in [-0.2, 0) is 9.53 Å². The Hall–Kier alpha value is -0.650. The molecule has 1 aliphatic heterocycles. The lowest BCUT2D eigenvalue weighted by Gasteiger charge is -2.20. The molecule has 1 heterocycles. The predicted octanol–water partition coefficient (Wildman–Crippen LogP) is 0.147. The summed E-state index contributed by atoms with van der Waals surface area (Å²) in [5, 5.41) is 8.95. The van der Waals surface area contributed by atoms with Gasteiger partial charge in [0.2, 0.25) is 0 Å². The monoisotopic (exact) mass is 230 g/mol. The lowest BCUT2D eigenvalue weighted by atomic mass is 10.0. The highest BCUT2D eigenvalue weighted by Gasteiger charge is 2.40. The number of nitrogens with two attached hydrogens (primary N) is 1. The molecule has 1 fully saturated rings. The third kappa shape index (κ3) is 3.73. The van der Waals surface area contributed by atoms with Crippen molar-refractivity contribution in [3.63, 3.8) is 0 Å². The molecule has 16 heavy (non-hydrogen) atoms. The fourth-order valence-electron chi connectivity index (χ4n) is 1.79. The minimum absolute atomic E-state index is 0.424. The summed E-state index contributed by atoms with van der Waals surface area (Å²) >= 11 is 0. The zero-order valence-electron chi connectivity index (χ0n) is 10.1. The van der Waals surface area contributed by atoms with Gasteiger partial charge in [0.1, 0.15) is 5.54 Å². The molecular weight excluding hydrogens is 208 g/mol. The van der Waals surface area contributed by atoms with E-state index in [1.54, 1.807) is 0 Å². The van der Waals surface area contributed by atoms with Crippen LogP contribution in [0.2, 0.25) is 0 Å². The molecule has 0 bridgehead atoms. The fraction of sp³-hybridized carbons (Fsp3) is 0.909. The summed E-state index contributed by atoms with van der Waals surface area (Å²) < 4.78 is 5.46. The first-order valence-electron chi connectivity index (χ1n) is 5.76. The van der Waals surface area contributed by atoms with Crippen LogP contribution in [0.3, 0.4) is 0 Å². The maximum atomic E-state index is 10.9. The number of carbonyl (C=O) groups is 1. The van der Waals surface area contributed by atoms with Crippen LogP contribution in [0.5, 0.6) is 0 Å². The zero-order chi connectivity index (χ0) is 12.2. The SMILES string of the molecule is CC(C)COCCN1CCC(N)(C(=O)O)C1. The van der Waals surface area contributed by atoms with Crippen LogP contribution in [0, 0.1) is 5.92 Å². The van der Waals surface area contributed by atoms with Gasteiger partial charge in [0, 0.05) is 26.2 Å². The molecule has 0 amide bonds. The quantitative estimate of drug-likeness (QED) is 0.635. The molecule has 1 rings (SSSR count). The van der Waals surface area contributed by atoms with Gasteiger partial charge in [0.05, 0.1) is 6.61 Å². The van der Waals surface area contributed by atoms with Gasteiger partial charge in [-0.3, -0.25) is 9.69 Å². The zero-order valence-corrected chi connectivity index (χ0v) is 10.1. The number of hydrogen-bond acceptors (Lipinski definition) is 4. The topological polar surface area (TPSA) is 75.8 Å². The largest absolute Gasteiger partial charge is 0.480 e. The van der Waals surface area contributed by atoms with E-state index in [4.69, 9.17) is 15.6 Å². The Morgan fingerprint density at radius 2 is 2.31 bits per heavy atom. The van der Waals surface area contributed by atoms with Crippen molar-refractivity contribution >= 4 is 5.97 Å². The minimum atomic E-state index is -1.06.